The molecule has 1 N–H and O–H groups in total. The van der Waals surface area contributed by atoms with E-state index >= 15 is 0 Å². The molecule has 1 saturated carbocycles. The second-order valence-electron chi connectivity index (χ2n) is 5.71. The van der Waals surface area contributed by atoms with Crippen LogP contribution in [0.15, 0.2) is 16.6 Å². The highest BCUT2D eigenvalue weighted by Crippen LogP contribution is 2.38. The number of halogens is 4. The van der Waals surface area contributed by atoms with Crippen LogP contribution in [0.25, 0.3) is 0 Å². The van der Waals surface area contributed by atoms with Gasteiger partial charge in [0.05, 0.1) is 20.1 Å². The van der Waals surface area contributed by atoms with Crippen molar-refractivity contribution in [1.29, 1.82) is 0 Å². The molecule has 0 radical (unpaired) electrons. The van der Waals surface area contributed by atoms with Gasteiger partial charge in [0.25, 0.3) is 5.91 Å². The molecule has 0 aliphatic heterocycles. The molecule has 134 valence electrons. The zero-order chi connectivity index (χ0) is 17.9. The van der Waals surface area contributed by atoms with E-state index in [2.05, 4.69) is 21.2 Å². The number of benzene rings is 1. The molecule has 1 aliphatic carbocycles. The molecule has 2 atom stereocenters. The van der Waals surface area contributed by atoms with Crippen LogP contribution in [0.4, 0.5) is 13.2 Å². The summed E-state index contributed by atoms with van der Waals surface area (Å²) < 4.78 is 50.3. The number of methoxy groups -OCH3 is 2. The normalized spacial score (nSPS) is 21.2. The summed E-state index contributed by atoms with van der Waals surface area (Å²) in [5.41, 5.74) is 0.193. The molecule has 2 unspecified atom stereocenters. The quantitative estimate of drug-likeness (QED) is 0.805. The van der Waals surface area contributed by atoms with Crippen molar-refractivity contribution in [2.24, 2.45) is 5.92 Å². The Hall–Kier alpha value is -1.44. The lowest BCUT2D eigenvalue weighted by Crippen LogP contribution is -2.47. The second kappa shape index (κ2) is 7.63. The van der Waals surface area contributed by atoms with Gasteiger partial charge in [0.2, 0.25) is 0 Å². The van der Waals surface area contributed by atoms with Crippen molar-refractivity contribution >= 4 is 21.8 Å². The lowest BCUT2D eigenvalue weighted by atomic mass is 9.84. The van der Waals surface area contributed by atoms with Gasteiger partial charge in [-0.2, -0.15) is 13.2 Å². The van der Waals surface area contributed by atoms with Gasteiger partial charge in [0, 0.05) is 11.6 Å². The van der Waals surface area contributed by atoms with E-state index in [1.54, 1.807) is 0 Å². The van der Waals surface area contributed by atoms with Gasteiger partial charge in [-0.1, -0.05) is 12.8 Å². The Morgan fingerprint density at radius 3 is 2.21 bits per heavy atom. The molecule has 8 heteroatoms. The van der Waals surface area contributed by atoms with Crippen molar-refractivity contribution in [3.63, 3.8) is 0 Å². The number of amides is 1. The Kier molecular flexibility index (Phi) is 6.01. The highest BCUT2D eigenvalue weighted by Gasteiger charge is 2.46. The molecular weight excluding hydrogens is 391 g/mol. The third kappa shape index (κ3) is 4.15. The first-order chi connectivity index (χ1) is 11.3. The maximum absolute atomic E-state index is 13.1. The van der Waals surface area contributed by atoms with Crippen LogP contribution in [0.3, 0.4) is 0 Å². The third-order valence-corrected chi connectivity index (χ3v) is 4.99. The van der Waals surface area contributed by atoms with E-state index in [-0.39, 0.29) is 12.0 Å². The van der Waals surface area contributed by atoms with E-state index < -0.39 is 24.0 Å². The lowest BCUT2D eigenvalue weighted by Gasteiger charge is -2.33. The Bertz CT molecular complexity index is 582. The number of rotatable bonds is 4. The monoisotopic (exact) mass is 409 g/mol. The van der Waals surface area contributed by atoms with E-state index in [0.29, 0.717) is 35.2 Å². The van der Waals surface area contributed by atoms with E-state index in [9.17, 15) is 18.0 Å². The zero-order valence-electron chi connectivity index (χ0n) is 13.4. The molecule has 0 spiro atoms. The summed E-state index contributed by atoms with van der Waals surface area (Å²) in [7, 11) is 2.87. The summed E-state index contributed by atoms with van der Waals surface area (Å²) in [5, 5.41) is 2.53. The highest BCUT2D eigenvalue weighted by atomic mass is 79.9. The van der Waals surface area contributed by atoms with Crippen LogP contribution in [-0.2, 0) is 0 Å². The number of hydrogen-bond donors (Lipinski definition) is 1. The van der Waals surface area contributed by atoms with Gasteiger partial charge in [-0.3, -0.25) is 4.79 Å². The zero-order valence-corrected chi connectivity index (χ0v) is 15.0. The predicted octanol–water partition coefficient (Wildman–Crippen LogP) is 4.32. The molecule has 1 fully saturated rings. The maximum atomic E-state index is 13.1. The number of hydrogen-bond acceptors (Lipinski definition) is 3. The number of alkyl halides is 3. The molecule has 4 nitrogen and oxygen atoms in total. The van der Waals surface area contributed by atoms with Crippen LogP contribution in [0, 0.1) is 5.92 Å². The van der Waals surface area contributed by atoms with Crippen molar-refractivity contribution in [1.82, 2.24) is 5.32 Å². The minimum atomic E-state index is -4.31. The van der Waals surface area contributed by atoms with Crippen molar-refractivity contribution < 1.29 is 27.4 Å². The smallest absolute Gasteiger partial charge is 0.393 e. The molecule has 0 heterocycles. The average Bonchev–Trinajstić information content (AvgIpc) is 2.54. The Labute approximate surface area is 146 Å². The second-order valence-corrected chi connectivity index (χ2v) is 6.50. The van der Waals surface area contributed by atoms with Gasteiger partial charge in [-0.15, -0.1) is 0 Å². The van der Waals surface area contributed by atoms with E-state index in [1.165, 1.54) is 26.4 Å². The van der Waals surface area contributed by atoms with Crippen LogP contribution in [0.5, 0.6) is 11.5 Å². The van der Waals surface area contributed by atoms with Gasteiger partial charge < -0.3 is 14.8 Å². The first-order valence-electron chi connectivity index (χ1n) is 7.57. The molecule has 2 rings (SSSR count). The van der Waals surface area contributed by atoms with Crippen LogP contribution in [-0.4, -0.2) is 32.3 Å². The van der Waals surface area contributed by atoms with Crippen molar-refractivity contribution in [3.05, 3.63) is 22.2 Å². The van der Waals surface area contributed by atoms with E-state index in [4.69, 9.17) is 9.47 Å². The minimum Gasteiger partial charge on any atom is -0.495 e. The van der Waals surface area contributed by atoms with Gasteiger partial charge in [0.1, 0.15) is 16.0 Å². The summed E-state index contributed by atoms with van der Waals surface area (Å²) in [6.45, 7) is 0. The van der Waals surface area contributed by atoms with Gasteiger partial charge in [-0.05, 0) is 40.9 Å². The molecule has 1 amide bonds. The summed E-state index contributed by atoms with van der Waals surface area (Å²) >= 11 is 3.29. The predicted molar refractivity (Wildman–Crippen MR) is 86.5 cm³/mol. The van der Waals surface area contributed by atoms with Gasteiger partial charge in [0.15, 0.2) is 0 Å². The van der Waals surface area contributed by atoms with Crippen LogP contribution in [0.2, 0.25) is 0 Å². The largest absolute Gasteiger partial charge is 0.495 e. The SMILES string of the molecule is COc1cc(C(=O)NC2CCCCC2C(F)(F)F)cc(OC)c1Br. The van der Waals surface area contributed by atoms with Crippen LogP contribution < -0.4 is 14.8 Å². The number of carbonyl (C=O) groups is 1. The average molecular weight is 410 g/mol. The van der Waals surface area contributed by atoms with Crippen molar-refractivity contribution in [2.45, 2.75) is 37.9 Å². The molecular formula is C16H19BrF3NO3. The topological polar surface area (TPSA) is 47.6 Å². The Morgan fingerprint density at radius 1 is 1.17 bits per heavy atom. The van der Waals surface area contributed by atoms with E-state index in [1.807, 2.05) is 0 Å². The van der Waals surface area contributed by atoms with Gasteiger partial charge in [-0.25, -0.2) is 0 Å². The molecule has 1 aromatic rings. The molecule has 24 heavy (non-hydrogen) atoms. The molecule has 0 aromatic heterocycles. The molecule has 1 aromatic carbocycles. The number of nitrogens with one attached hydrogen (secondary N) is 1. The summed E-state index contributed by atoms with van der Waals surface area (Å²) in [6.07, 6.45) is -2.75. The fourth-order valence-electron chi connectivity index (χ4n) is 2.95. The van der Waals surface area contributed by atoms with Gasteiger partial charge >= 0.3 is 6.18 Å². The summed E-state index contributed by atoms with van der Waals surface area (Å²) in [5.74, 6) is -1.33. The molecule has 0 bridgehead atoms. The summed E-state index contributed by atoms with van der Waals surface area (Å²) in [6, 6.07) is 2.02. The summed E-state index contributed by atoms with van der Waals surface area (Å²) in [4.78, 5) is 12.4. The third-order valence-electron chi connectivity index (χ3n) is 4.21. The van der Waals surface area contributed by atoms with Crippen molar-refractivity contribution in [2.75, 3.05) is 14.2 Å². The van der Waals surface area contributed by atoms with Crippen molar-refractivity contribution in [3.8, 4) is 11.5 Å². The maximum Gasteiger partial charge on any atom is 0.393 e. The van der Waals surface area contributed by atoms with Crippen LogP contribution >= 0.6 is 15.9 Å². The molecule has 1 aliphatic rings. The fraction of sp³-hybridized carbons (Fsp3) is 0.562. The molecule has 0 saturated heterocycles. The minimum absolute atomic E-state index is 0.0431. The first kappa shape index (κ1) is 18.9. The standard InChI is InChI=1S/C16H19BrF3NO3/c1-23-12-7-9(8-13(24-2)14(12)17)15(22)21-11-6-4-3-5-10(11)16(18,19)20/h7-8,10-11H,3-6H2,1-2H3,(H,21,22). The first-order valence-corrected chi connectivity index (χ1v) is 8.36. The fourth-order valence-corrected chi connectivity index (χ4v) is 3.50. The van der Waals surface area contributed by atoms with E-state index in [0.717, 1.165) is 0 Å². The Morgan fingerprint density at radius 2 is 1.71 bits per heavy atom. The number of carbonyl (C=O) groups excluding carboxylic acids is 1. The number of ether oxygens (including phenoxy) is 2. The lowest BCUT2D eigenvalue weighted by molar-refractivity contribution is -0.187. The Balaban J connectivity index is 2.22. The highest BCUT2D eigenvalue weighted by molar-refractivity contribution is 9.10. The van der Waals surface area contributed by atoms with Crippen LogP contribution in [0.1, 0.15) is 36.0 Å².